The first kappa shape index (κ1) is 18.4. The molecule has 1 aromatic carbocycles. The molecule has 3 aromatic rings. The number of rotatable bonds is 6. The summed E-state index contributed by atoms with van der Waals surface area (Å²) >= 11 is 1.45. The lowest BCUT2D eigenvalue weighted by Crippen LogP contribution is -2.17. The van der Waals surface area contributed by atoms with Gasteiger partial charge in [-0.3, -0.25) is 14.0 Å². The molecule has 6 nitrogen and oxygen atoms in total. The zero-order valence-corrected chi connectivity index (χ0v) is 16.5. The van der Waals surface area contributed by atoms with Gasteiger partial charge >= 0.3 is 0 Å². The Balaban J connectivity index is 1.46. The van der Waals surface area contributed by atoms with Gasteiger partial charge in [-0.1, -0.05) is 24.3 Å². The van der Waals surface area contributed by atoms with Crippen molar-refractivity contribution < 1.29 is 4.79 Å². The minimum atomic E-state index is -0.0771. The first-order valence-corrected chi connectivity index (χ1v) is 10.2. The van der Waals surface area contributed by atoms with Crippen LogP contribution in [0, 0.1) is 12.8 Å². The molecule has 7 heteroatoms. The lowest BCUT2D eigenvalue weighted by Gasteiger charge is -2.14. The number of aryl methyl sites for hydroxylation is 1. The first-order chi connectivity index (χ1) is 13.6. The van der Waals surface area contributed by atoms with Crippen molar-refractivity contribution in [1.29, 1.82) is 0 Å². The number of anilines is 2. The van der Waals surface area contributed by atoms with E-state index in [4.69, 9.17) is 0 Å². The maximum atomic E-state index is 12.4. The fourth-order valence-electron chi connectivity index (χ4n) is 3.43. The van der Waals surface area contributed by atoms with Gasteiger partial charge in [0.2, 0.25) is 5.91 Å². The fourth-order valence-corrected chi connectivity index (χ4v) is 4.32. The summed E-state index contributed by atoms with van der Waals surface area (Å²) in [4.78, 5) is 29.9. The van der Waals surface area contributed by atoms with E-state index < -0.39 is 0 Å². The maximum Gasteiger partial charge on any atom is 0.259 e. The number of amides is 1. The predicted octanol–water partition coefficient (Wildman–Crippen LogP) is 3.97. The highest BCUT2D eigenvalue weighted by atomic mass is 32.1. The monoisotopic (exact) mass is 394 g/mol. The molecular weight excluding hydrogens is 372 g/mol. The van der Waals surface area contributed by atoms with Crippen molar-refractivity contribution >= 4 is 33.6 Å². The van der Waals surface area contributed by atoms with Gasteiger partial charge in [-0.05, 0) is 37.8 Å². The van der Waals surface area contributed by atoms with Crippen LogP contribution in [0.4, 0.5) is 11.4 Å². The Morgan fingerprint density at radius 2 is 2.14 bits per heavy atom. The van der Waals surface area contributed by atoms with Crippen LogP contribution in [0.5, 0.6) is 0 Å². The van der Waals surface area contributed by atoms with E-state index >= 15 is 0 Å². The van der Waals surface area contributed by atoms with Crippen molar-refractivity contribution in [2.45, 2.75) is 32.7 Å². The summed E-state index contributed by atoms with van der Waals surface area (Å²) in [6.45, 7) is 2.30. The number of carbonyl (C=O) groups excluding carboxylic acids is 1. The van der Waals surface area contributed by atoms with Gasteiger partial charge < -0.3 is 10.6 Å². The molecule has 144 valence electrons. The Kier molecular flexibility index (Phi) is 5.25. The standard InChI is InChI=1S/C21H22N4O2S/c1-14-13-28-21-23-16(11-20(27)25(14)21)12-22-17-8-4-5-9-18(17)24-19(26)10-15-6-2-3-7-15/h2,4-6,8-9,11,13,15,22H,3,7,10,12H2,1H3,(H,24,26). The molecule has 1 aliphatic carbocycles. The number of thiazole rings is 1. The van der Waals surface area contributed by atoms with Crippen LogP contribution in [0.15, 0.2) is 52.7 Å². The quantitative estimate of drug-likeness (QED) is 0.620. The van der Waals surface area contributed by atoms with Crippen molar-refractivity contribution in [1.82, 2.24) is 9.38 Å². The van der Waals surface area contributed by atoms with Crippen molar-refractivity contribution in [3.63, 3.8) is 0 Å². The number of nitrogens with one attached hydrogen (secondary N) is 2. The van der Waals surface area contributed by atoms with Crippen LogP contribution in [-0.2, 0) is 11.3 Å². The molecule has 2 heterocycles. The second kappa shape index (κ2) is 7.98. The number of hydrogen-bond donors (Lipinski definition) is 2. The maximum absolute atomic E-state index is 12.4. The van der Waals surface area contributed by atoms with Crippen molar-refractivity contribution in [3.05, 3.63) is 69.6 Å². The Labute approximate surface area is 166 Å². The lowest BCUT2D eigenvalue weighted by atomic mass is 10.0. The number of para-hydroxylation sites is 2. The first-order valence-electron chi connectivity index (χ1n) is 9.36. The third-order valence-electron chi connectivity index (χ3n) is 4.85. The Morgan fingerprint density at radius 1 is 1.32 bits per heavy atom. The van der Waals surface area contributed by atoms with Crippen molar-refractivity contribution in [2.75, 3.05) is 10.6 Å². The van der Waals surface area contributed by atoms with Gasteiger partial charge in [0.1, 0.15) is 0 Å². The zero-order chi connectivity index (χ0) is 19.5. The molecule has 0 saturated carbocycles. The van der Waals surface area contributed by atoms with E-state index in [1.54, 1.807) is 10.5 Å². The largest absolute Gasteiger partial charge is 0.378 e. The molecule has 1 aliphatic rings. The Bertz CT molecular complexity index is 1100. The fraction of sp³-hybridized carbons (Fsp3) is 0.286. The molecule has 1 unspecified atom stereocenters. The van der Waals surface area contributed by atoms with E-state index in [2.05, 4.69) is 27.8 Å². The minimum absolute atomic E-state index is 0.0117. The molecule has 1 amide bonds. The lowest BCUT2D eigenvalue weighted by molar-refractivity contribution is -0.116. The summed E-state index contributed by atoms with van der Waals surface area (Å²) in [6.07, 6.45) is 6.85. The second-order valence-electron chi connectivity index (χ2n) is 7.00. The highest BCUT2D eigenvalue weighted by molar-refractivity contribution is 7.15. The normalized spacial score (nSPS) is 15.8. The molecule has 0 bridgehead atoms. The van der Waals surface area contributed by atoms with Gasteiger partial charge in [0.05, 0.1) is 23.6 Å². The van der Waals surface area contributed by atoms with E-state index in [0.717, 1.165) is 29.9 Å². The third-order valence-corrected chi connectivity index (χ3v) is 5.79. The van der Waals surface area contributed by atoms with E-state index in [9.17, 15) is 9.59 Å². The predicted molar refractivity (Wildman–Crippen MR) is 113 cm³/mol. The SMILES string of the molecule is Cc1csc2nc(CNc3ccccc3NC(=O)CC3C=CCC3)cc(=O)n12. The van der Waals surface area contributed by atoms with Crippen LogP contribution < -0.4 is 16.2 Å². The molecule has 0 spiro atoms. The molecule has 2 aromatic heterocycles. The summed E-state index contributed by atoms with van der Waals surface area (Å²) in [6, 6.07) is 9.13. The Hall–Kier alpha value is -2.93. The highest BCUT2D eigenvalue weighted by Gasteiger charge is 2.15. The molecule has 0 radical (unpaired) electrons. The van der Waals surface area contributed by atoms with Crippen LogP contribution in [0.2, 0.25) is 0 Å². The second-order valence-corrected chi connectivity index (χ2v) is 7.83. The van der Waals surface area contributed by atoms with E-state index in [0.29, 0.717) is 29.5 Å². The van der Waals surface area contributed by atoms with Crippen molar-refractivity contribution in [3.8, 4) is 0 Å². The molecule has 0 fully saturated rings. The van der Waals surface area contributed by atoms with Crippen LogP contribution in [0.3, 0.4) is 0 Å². The van der Waals surface area contributed by atoms with Gasteiger partial charge in [-0.15, -0.1) is 11.3 Å². The number of benzene rings is 1. The average Bonchev–Trinajstić information content (AvgIpc) is 3.31. The molecule has 0 saturated heterocycles. The van der Waals surface area contributed by atoms with Gasteiger partial charge in [-0.2, -0.15) is 0 Å². The average molecular weight is 395 g/mol. The molecule has 2 N–H and O–H groups in total. The van der Waals surface area contributed by atoms with Crippen LogP contribution in [0.25, 0.3) is 4.96 Å². The topological polar surface area (TPSA) is 75.5 Å². The highest BCUT2D eigenvalue weighted by Crippen LogP contribution is 2.24. The minimum Gasteiger partial charge on any atom is -0.378 e. The third kappa shape index (κ3) is 3.99. The number of aromatic nitrogens is 2. The molecule has 1 atom stereocenters. The van der Waals surface area contributed by atoms with E-state index in [1.807, 2.05) is 36.6 Å². The summed E-state index contributed by atoms with van der Waals surface area (Å²) in [5.41, 5.74) is 3.03. The summed E-state index contributed by atoms with van der Waals surface area (Å²) < 4.78 is 1.61. The molecule has 28 heavy (non-hydrogen) atoms. The van der Waals surface area contributed by atoms with E-state index in [1.165, 1.54) is 11.3 Å². The van der Waals surface area contributed by atoms with Crippen molar-refractivity contribution in [2.24, 2.45) is 5.92 Å². The summed E-state index contributed by atoms with van der Waals surface area (Å²) in [7, 11) is 0. The number of fused-ring (bicyclic) bond motifs is 1. The van der Waals surface area contributed by atoms with Crippen LogP contribution >= 0.6 is 11.3 Å². The Morgan fingerprint density at radius 3 is 2.93 bits per heavy atom. The summed E-state index contributed by atoms with van der Waals surface area (Å²) in [5, 5.41) is 8.21. The smallest absolute Gasteiger partial charge is 0.259 e. The van der Waals surface area contributed by atoms with E-state index in [-0.39, 0.29) is 11.5 Å². The number of hydrogen-bond acceptors (Lipinski definition) is 5. The van der Waals surface area contributed by atoms with Gasteiger partial charge in [0, 0.05) is 23.6 Å². The van der Waals surface area contributed by atoms with Gasteiger partial charge in [0.15, 0.2) is 4.96 Å². The van der Waals surface area contributed by atoms with Crippen LogP contribution in [0.1, 0.15) is 30.7 Å². The number of carbonyl (C=O) groups is 1. The van der Waals surface area contributed by atoms with Crippen LogP contribution in [-0.4, -0.2) is 15.3 Å². The molecule has 4 rings (SSSR count). The molecule has 0 aliphatic heterocycles. The van der Waals surface area contributed by atoms with Gasteiger partial charge in [-0.25, -0.2) is 4.98 Å². The number of nitrogens with zero attached hydrogens (tertiary/aromatic N) is 2. The molecular formula is C21H22N4O2S. The zero-order valence-electron chi connectivity index (χ0n) is 15.6. The summed E-state index contributed by atoms with van der Waals surface area (Å²) in [5.74, 6) is 0.343. The van der Waals surface area contributed by atoms with Gasteiger partial charge in [0.25, 0.3) is 5.56 Å². The number of allylic oxidation sites excluding steroid dienone is 2.